The standard InChI is InChI=1S/2C14H20ClNO3.C14H21NO3.2CH4/c1-8(2)18-12-7-11(16)9(6-10(12)15)13(17)19-14(3,4)5;1-8(2)18-10-7-6-9(12(16)11(10)15)13(17)19-14(3,4)5;1-9(2)17-10-6-7-11(12(15)8-10)13(16)18-14(3,4)5;;/h2*6-8H,16H2,1-5H3;6-9H,15H2,1-5H3;2*1H4. The molecule has 0 saturated heterocycles. The Morgan fingerprint density at radius 1 is 0.517 bits per heavy atom. The summed E-state index contributed by atoms with van der Waals surface area (Å²) in [6.07, 6.45) is 0.0188. The van der Waals surface area contributed by atoms with Gasteiger partial charge in [-0.05, 0) is 134 Å². The Balaban J connectivity index is 0. The molecule has 0 bridgehead atoms. The Morgan fingerprint density at radius 2 is 0.897 bits per heavy atom. The molecule has 6 N–H and O–H groups in total. The smallest absolute Gasteiger partial charge is 0.340 e. The molecule has 0 radical (unpaired) electrons. The molecule has 12 nitrogen and oxygen atoms in total. The van der Waals surface area contributed by atoms with E-state index in [9.17, 15) is 14.4 Å². The molecule has 0 aromatic heterocycles. The van der Waals surface area contributed by atoms with Crippen LogP contribution in [0.4, 0.5) is 17.1 Å². The van der Waals surface area contributed by atoms with Crippen molar-refractivity contribution in [3.05, 3.63) is 69.2 Å². The molecular weight excluding hydrogens is 785 g/mol. The van der Waals surface area contributed by atoms with Crippen molar-refractivity contribution in [3.8, 4) is 17.2 Å². The number of carbonyl (C=O) groups excluding carboxylic acids is 3. The lowest BCUT2D eigenvalue weighted by Crippen LogP contribution is -2.24. The van der Waals surface area contributed by atoms with Crippen LogP contribution in [0.5, 0.6) is 17.2 Å². The molecule has 0 unspecified atom stereocenters. The van der Waals surface area contributed by atoms with Crippen molar-refractivity contribution in [2.24, 2.45) is 0 Å². The van der Waals surface area contributed by atoms with Crippen LogP contribution < -0.4 is 31.4 Å². The van der Waals surface area contributed by atoms with Gasteiger partial charge in [-0.25, -0.2) is 14.4 Å². The largest absolute Gasteiger partial charge is 0.491 e. The first-order valence-corrected chi connectivity index (χ1v) is 18.9. The summed E-state index contributed by atoms with van der Waals surface area (Å²) in [5.41, 5.74) is 17.5. The van der Waals surface area contributed by atoms with Crippen LogP contribution in [0.3, 0.4) is 0 Å². The highest BCUT2D eigenvalue weighted by Gasteiger charge is 2.24. The molecule has 0 atom stereocenters. The van der Waals surface area contributed by atoms with Gasteiger partial charge < -0.3 is 45.6 Å². The lowest BCUT2D eigenvalue weighted by atomic mass is 10.1. The van der Waals surface area contributed by atoms with E-state index in [2.05, 4.69) is 0 Å². The van der Waals surface area contributed by atoms with Crippen LogP contribution in [-0.2, 0) is 14.2 Å². The van der Waals surface area contributed by atoms with Gasteiger partial charge in [0.15, 0.2) is 0 Å². The zero-order valence-corrected chi connectivity index (χ0v) is 36.9. The number of anilines is 3. The second-order valence-electron chi connectivity index (χ2n) is 16.5. The molecule has 0 aliphatic rings. The summed E-state index contributed by atoms with van der Waals surface area (Å²) in [7, 11) is 0. The maximum Gasteiger partial charge on any atom is 0.340 e. The quantitative estimate of drug-likeness (QED) is 0.105. The molecule has 0 aliphatic carbocycles. The number of hydrogen-bond acceptors (Lipinski definition) is 12. The number of halogens is 2. The van der Waals surface area contributed by atoms with Crippen molar-refractivity contribution >= 4 is 58.2 Å². The summed E-state index contributed by atoms with van der Waals surface area (Å²) in [4.78, 5) is 35.8. The first-order valence-electron chi connectivity index (χ1n) is 18.2. The number of hydrogen-bond donors (Lipinski definition) is 3. The van der Waals surface area contributed by atoms with E-state index >= 15 is 0 Å². The number of carbonyl (C=O) groups is 3. The molecule has 0 fully saturated rings. The topological polar surface area (TPSA) is 185 Å². The Kier molecular flexibility index (Phi) is 22.2. The maximum atomic E-state index is 12.0. The first kappa shape index (κ1) is 55.5. The molecule has 58 heavy (non-hydrogen) atoms. The lowest BCUT2D eigenvalue weighted by Gasteiger charge is -2.21. The molecule has 14 heteroatoms. The Morgan fingerprint density at radius 3 is 1.31 bits per heavy atom. The number of esters is 3. The predicted molar refractivity (Wildman–Crippen MR) is 239 cm³/mol. The summed E-state index contributed by atoms with van der Waals surface area (Å²) < 4.78 is 32.3. The SMILES string of the molecule is C.C.CC(C)Oc1cc(N)c(C(=O)OC(C)(C)C)cc1Cl.CC(C)Oc1ccc(C(=O)OC(C)(C)C)c(N)c1.CC(C)Oc1ccc(C(=O)OC(C)(C)C)c(N)c1Cl. The highest BCUT2D eigenvalue weighted by molar-refractivity contribution is 6.35. The Bertz CT molecular complexity index is 1770. The van der Waals surface area contributed by atoms with Gasteiger partial charge in [0.25, 0.3) is 0 Å². The van der Waals surface area contributed by atoms with Gasteiger partial charge in [0.2, 0.25) is 0 Å². The van der Waals surface area contributed by atoms with E-state index in [4.69, 9.17) is 68.8 Å². The molecule has 0 saturated carbocycles. The van der Waals surface area contributed by atoms with E-state index in [-0.39, 0.29) is 60.7 Å². The summed E-state index contributed by atoms with van der Waals surface area (Å²) in [5, 5.41) is 0.570. The van der Waals surface area contributed by atoms with E-state index in [0.29, 0.717) is 33.5 Å². The van der Waals surface area contributed by atoms with Gasteiger partial charge in [-0.3, -0.25) is 0 Å². The van der Waals surface area contributed by atoms with Crippen LogP contribution in [0.15, 0.2) is 42.5 Å². The molecule has 3 aromatic carbocycles. The molecule has 0 amide bonds. The predicted octanol–water partition coefficient (Wildman–Crippen LogP) is 11.6. The van der Waals surface area contributed by atoms with E-state index in [0.717, 1.165) is 0 Å². The van der Waals surface area contributed by atoms with Crippen molar-refractivity contribution in [2.45, 2.75) is 154 Å². The van der Waals surface area contributed by atoms with Crippen molar-refractivity contribution in [1.29, 1.82) is 0 Å². The van der Waals surface area contributed by atoms with Gasteiger partial charge >= 0.3 is 17.9 Å². The number of nitrogen functional groups attached to an aromatic ring is 3. The van der Waals surface area contributed by atoms with Crippen LogP contribution in [0.2, 0.25) is 10.0 Å². The lowest BCUT2D eigenvalue weighted by molar-refractivity contribution is 0.00580. The molecule has 3 aromatic rings. The van der Waals surface area contributed by atoms with Crippen LogP contribution >= 0.6 is 23.2 Å². The minimum Gasteiger partial charge on any atom is -0.491 e. The fraction of sp³-hybridized carbons (Fsp3) is 0.523. The zero-order valence-electron chi connectivity index (χ0n) is 35.4. The number of nitrogens with two attached hydrogens (primary N) is 3. The van der Waals surface area contributed by atoms with Crippen molar-refractivity contribution in [1.82, 2.24) is 0 Å². The summed E-state index contributed by atoms with van der Waals surface area (Å²) in [6.45, 7) is 27.6. The number of rotatable bonds is 9. The molecule has 0 spiro atoms. The molecule has 328 valence electrons. The highest BCUT2D eigenvalue weighted by atomic mass is 35.5. The second-order valence-corrected chi connectivity index (χ2v) is 17.2. The fourth-order valence-electron chi connectivity index (χ4n) is 4.26. The minimum absolute atomic E-state index is 0. The number of ether oxygens (including phenoxy) is 6. The third-order valence-electron chi connectivity index (χ3n) is 6.22. The van der Waals surface area contributed by atoms with Crippen molar-refractivity contribution in [3.63, 3.8) is 0 Å². The Hall–Kier alpha value is -4.55. The van der Waals surface area contributed by atoms with Gasteiger partial charge in [0.1, 0.15) is 39.1 Å². The summed E-state index contributed by atoms with van der Waals surface area (Å²) in [5.74, 6) is 0.153. The molecule has 0 aliphatic heterocycles. The fourth-order valence-corrected chi connectivity index (χ4v) is 4.67. The average molecular weight is 855 g/mol. The van der Waals surface area contributed by atoms with Gasteiger partial charge in [-0.15, -0.1) is 0 Å². The molecule has 3 rings (SSSR count). The van der Waals surface area contributed by atoms with Gasteiger partial charge in [-0.1, -0.05) is 38.1 Å². The molecular formula is C44H69Cl2N3O9. The Labute approximate surface area is 357 Å². The van der Waals surface area contributed by atoms with Crippen LogP contribution in [0, 0.1) is 0 Å². The van der Waals surface area contributed by atoms with Crippen molar-refractivity contribution in [2.75, 3.05) is 17.2 Å². The van der Waals surface area contributed by atoms with E-state index in [1.165, 1.54) is 6.07 Å². The van der Waals surface area contributed by atoms with Gasteiger partial charge in [-0.2, -0.15) is 0 Å². The second kappa shape index (κ2) is 23.1. The average Bonchev–Trinajstić information content (AvgIpc) is 2.98. The van der Waals surface area contributed by atoms with Crippen LogP contribution in [0.1, 0.15) is 150 Å². The van der Waals surface area contributed by atoms with Gasteiger partial charge in [0, 0.05) is 23.5 Å². The number of benzene rings is 3. The summed E-state index contributed by atoms with van der Waals surface area (Å²) in [6, 6.07) is 11.2. The van der Waals surface area contributed by atoms with E-state index in [1.807, 2.05) is 62.3 Å². The minimum atomic E-state index is -0.580. The normalized spacial score (nSPS) is 11.1. The third-order valence-corrected chi connectivity index (χ3v) is 6.91. The third kappa shape index (κ3) is 20.2. The highest BCUT2D eigenvalue weighted by Crippen LogP contribution is 2.35. The monoisotopic (exact) mass is 853 g/mol. The van der Waals surface area contributed by atoms with Crippen LogP contribution in [-0.4, -0.2) is 53.0 Å². The maximum absolute atomic E-state index is 12.0. The zero-order chi connectivity index (χ0) is 43.5. The van der Waals surface area contributed by atoms with Gasteiger partial charge in [0.05, 0.1) is 45.7 Å². The van der Waals surface area contributed by atoms with Crippen molar-refractivity contribution < 1.29 is 42.8 Å². The summed E-state index contributed by atoms with van der Waals surface area (Å²) >= 11 is 12.2. The van der Waals surface area contributed by atoms with E-state index < -0.39 is 34.7 Å². The van der Waals surface area contributed by atoms with Crippen LogP contribution in [0.25, 0.3) is 0 Å². The van der Waals surface area contributed by atoms with E-state index in [1.54, 1.807) is 77.9 Å². The first-order chi connectivity index (χ1) is 25.4. The molecule has 0 heterocycles.